The van der Waals surface area contributed by atoms with E-state index in [9.17, 15) is 13.2 Å². The van der Waals surface area contributed by atoms with Crippen molar-refractivity contribution in [3.05, 3.63) is 41.8 Å². The Morgan fingerprint density at radius 2 is 2.05 bits per heavy atom. The van der Waals surface area contributed by atoms with Gasteiger partial charge in [0.2, 0.25) is 5.91 Å². The highest BCUT2D eigenvalue weighted by atomic mass is 32.2. The first-order chi connectivity index (χ1) is 9.54. The summed E-state index contributed by atoms with van der Waals surface area (Å²) in [7, 11) is -3.60. The summed E-state index contributed by atoms with van der Waals surface area (Å²) in [6.07, 6.45) is 2.65. The van der Waals surface area contributed by atoms with E-state index >= 15 is 0 Å². The average Bonchev–Trinajstić information content (AvgIpc) is 2.94. The lowest BCUT2D eigenvalue weighted by molar-refractivity contribution is -0.127. The monoisotopic (exact) mass is 295 g/mol. The molecular weight excluding hydrogens is 278 g/mol. The topological polar surface area (TPSA) is 74.7 Å². The molecule has 5 nitrogen and oxygen atoms in total. The molecule has 1 aliphatic heterocycles. The zero-order valence-electron chi connectivity index (χ0n) is 11.0. The van der Waals surface area contributed by atoms with Crippen LogP contribution in [0.25, 0.3) is 0 Å². The van der Waals surface area contributed by atoms with Gasteiger partial charge in [-0.1, -0.05) is 18.2 Å². The summed E-state index contributed by atoms with van der Waals surface area (Å²) >= 11 is 0. The Kier molecular flexibility index (Phi) is 4.57. The molecule has 0 bridgehead atoms. The van der Waals surface area contributed by atoms with E-state index in [2.05, 4.69) is 0 Å². The Morgan fingerprint density at radius 3 is 2.70 bits per heavy atom. The van der Waals surface area contributed by atoms with Gasteiger partial charge in [-0.25, -0.2) is 8.42 Å². The maximum absolute atomic E-state index is 12.0. The molecule has 1 atom stereocenters. The zero-order valence-corrected chi connectivity index (χ0v) is 11.8. The van der Waals surface area contributed by atoms with Gasteiger partial charge in [-0.15, -0.1) is 0 Å². The molecular formula is C14H17NO4S. The van der Waals surface area contributed by atoms with Crippen molar-refractivity contribution >= 4 is 15.7 Å². The van der Waals surface area contributed by atoms with E-state index in [0.717, 1.165) is 24.3 Å². The van der Waals surface area contributed by atoms with Crippen LogP contribution in [0.15, 0.2) is 46.7 Å². The summed E-state index contributed by atoms with van der Waals surface area (Å²) in [5.74, 6) is -0.374. The number of hydrogen-bond donors (Lipinski definition) is 1. The summed E-state index contributed by atoms with van der Waals surface area (Å²) in [6, 6.07) is 7.75. The summed E-state index contributed by atoms with van der Waals surface area (Å²) in [4.78, 5) is 13.6. The number of benzene rings is 1. The molecule has 1 fully saturated rings. The normalized spacial score (nSPS) is 19.6. The highest BCUT2D eigenvalue weighted by Gasteiger charge is 2.26. The van der Waals surface area contributed by atoms with Crippen molar-refractivity contribution in [3.8, 4) is 0 Å². The number of sulfone groups is 1. The van der Waals surface area contributed by atoms with Crippen LogP contribution in [-0.4, -0.2) is 43.5 Å². The van der Waals surface area contributed by atoms with Crippen molar-refractivity contribution in [2.45, 2.75) is 23.8 Å². The second kappa shape index (κ2) is 6.19. The molecule has 0 spiro atoms. The number of likely N-dealkylation sites (tertiary alicyclic amines) is 1. The van der Waals surface area contributed by atoms with Gasteiger partial charge in [0.15, 0.2) is 9.84 Å². The average molecular weight is 295 g/mol. The van der Waals surface area contributed by atoms with E-state index in [1.54, 1.807) is 18.2 Å². The molecule has 20 heavy (non-hydrogen) atoms. The molecule has 0 saturated carbocycles. The Morgan fingerprint density at radius 1 is 1.35 bits per heavy atom. The predicted molar refractivity (Wildman–Crippen MR) is 74.6 cm³/mol. The zero-order chi connectivity index (χ0) is 14.6. The number of carbonyl (C=O) groups is 1. The number of amides is 1. The molecule has 1 aromatic rings. The van der Waals surface area contributed by atoms with Crippen LogP contribution >= 0.6 is 0 Å². The molecule has 2 rings (SSSR count). The van der Waals surface area contributed by atoms with Gasteiger partial charge in [0, 0.05) is 18.0 Å². The maximum Gasteiger partial charge on any atom is 0.247 e. The number of hydrogen-bond acceptors (Lipinski definition) is 4. The first kappa shape index (κ1) is 14.7. The van der Waals surface area contributed by atoms with Crippen molar-refractivity contribution in [2.24, 2.45) is 0 Å². The molecule has 6 heteroatoms. The minimum Gasteiger partial charge on any atom is -0.394 e. The van der Waals surface area contributed by atoms with Crippen molar-refractivity contribution < 1.29 is 18.3 Å². The lowest BCUT2D eigenvalue weighted by Gasteiger charge is -2.21. The maximum atomic E-state index is 12.0. The number of carbonyl (C=O) groups excluding carboxylic acids is 1. The highest BCUT2D eigenvalue weighted by molar-refractivity contribution is 7.94. The van der Waals surface area contributed by atoms with Crippen LogP contribution in [0, 0.1) is 0 Å². The van der Waals surface area contributed by atoms with E-state index < -0.39 is 9.84 Å². The molecule has 1 saturated heterocycles. The molecule has 1 aromatic carbocycles. The molecule has 1 heterocycles. The number of nitrogens with zero attached hydrogens (tertiary/aromatic N) is 1. The quantitative estimate of drug-likeness (QED) is 0.840. The van der Waals surface area contributed by atoms with E-state index in [-0.39, 0.29) is 23.5 Å². The van der Waals surface area contributed by atoms with E-state index in [4.69, 9.17) is 5.11 Å². The molecule has 0 unspecified atom stereocenters. The van der Waals surface area contributed by atoms with Crippen molar-refractivity contribution in [1.29, 1.82) is 0 Å². The van der Waals surface area contributed by atoms with Crippen LogP contribution in [0.1, 0.15) is 12.8 Å². The Labute approximate surface area is 118 Å². The van der Waals surface area contributed by atoms with Crippen molar-refractivity contribution in [2.75, 3.05) is 13.2 Å². The van der Waals surface area contributed by atoms with Gasteiger partial charge in [-0.2, -0.15) is 0 Å². The highest BCUT2D eigenvalue weighted by Crippen LogP contribution is 2.17. The van der Waals surface area contributed by atoms with Crippen molar-refractivity contribution in [3.63, 3.8) is 0 Å². The van der Waals surface area contributed by atoms with Crippen LogP contribution in [-0.2, 0) is 14.6 Å². The van der Waals surface area contributed by atoms with Crippen molar-refractivity contribution in [1.82, 2.24) is 4.90 Å². The first-order valence-electron chi connectivity index (χ1n) is 6.44. The number of aliphatic hydroxyl groups excluding tert-OH is 1. The van der Waals surface area contributed by atoms with Gasteiger partial charge in [-0.3, -0.25) is 4.79 Å². The first-order valence-corrected chi connectivity index (χ1v) is 7.99. The van der Waals surface area contributed by atoms with E-state index in [1.807, 2.05) is 0 Å². The van der Waals surface area contributed by atoms with Crippen LogP contribution < -0.4 is 0 Å². The summed E-state index contributed by atoms with van der Waals surface area (Å²) in [5.41, 5.74) is 0. The summed E-state index contributed by atoms with van der Waals surface area (Å²) in [5, 5.41) is 10.1. The summed E-state index contributed by atoms with van der Waals surface area (Å²) in [6.45, 7) is 0.463. The van der Waals surface area contributed by atoms with E-state index in [1.165, 1.54) is 17.0 Å². The molecule has 0 aliphatic carbocycles. The Hall–Kier alpha value is -1.66. The third-order valence-corrected chi connectivity index (χ3v) is 4.76. The van der Waals surface area contributed by atoms with Gasteiger partial charge >= 0.3 is 0 Å². The number of aliphatic hydroxyl groups is 1. The molecule has 0 radical (unpaired) electrons. The van der Waals surface area contributed by atoms with E-state index in [0.29, 0.717) is 6.54 Å². The Balaban J connectivity index is 2.11. The third-order valence-electron chi connectivity index (χ3n) is 3.33. The predicted octanol–water partition coefficient (Wildman–Crippen LogP) is 0.957. The van der Waals surface area contributed by atoms with Gasteiger partial charge in [0.05, 0.1) is 17.5 Å². The fourth-order valence-corrected chi connectivity index (χ4v) is 3.24. The van der Waals surface area contributed by atoms with Gasteiger partial charge in [0.1, 0.15) is 0 Å². The van der Waals surface area contributed by atoms with Crippen LogP contribution in [0.5, 0.6) is 0 Å². The van der Waals surface area contributed by atoms with Crippen LogP contribution in [0.3, 0.4) is 0 Å². The standard InChI is InChI=1S/C14H17NO4S/c16-11-12-5-4-9-15(12)14(17)8-10-20(18,19)13-6-2-1-3-7-13/h1-3,6-8,10,12,16H,4-5,9,11H2/t12-/m1/s1. The SMILES string of the molecule is O=C(C=CS(=O)(=O)c1ccccc1)N1CCC[C@@H]1CO. The molecule has 108 valence electrons. The number of rotatable bonds is 4. The van der Waals surface area contributed by atoms with Crippen LogP contribution in [0.4, 0.5) is 0 Å². The molecule has 1 N–H and O–H groups in total. The summed E-state index contributed by atoms with van der Waals surface area (Å²) < 4.78 is 24.0. The Bertz CT molecular complexity index is 595. The van der Waals surface area contributed by atoms with Gasteiger partial charge in [0.25, 0.3) is 0 Å². The minimum atomic E-state index is -3.60. The fraction of sp³-hybridized carbons (Fsp3) is 0.357. The second-order valence-corrected chi connectivity index (χ2v) is 6.50. The molecule has 0 aromatic heterocycles. The second-order valence-electron chi connectivity index (χ2n) is 4.67. The van der Waals surface area contributed by atoms with Crippen LogP contribution in [0.2, 0.25) is 0 Å². The van der Waals surface area contributed by atoms with Gasteiger partial charge in [-0.05, 0) is 25.0 Å². The lowest BCUT2D eigenvalue weighted by Crippen LogP contribution is -2.36. The lowest BCUT2D eigenvalue weighted by atomic mass is 10.2. The molecule has 1 aliphatic rings. The molecule has 1 amide bonds. The van der Waals surface area contributed by atoms with Gasteiger partial charge < -0.3 is 10.0 Å². The largest absolute Gasteiger partial charge is 0.394 e. The fourth-order valence-electron chi connectivity index (χ4n) is 2.25. The third kappa shape index (κ3) is 3.26. The minimum absolute atomic E-state index is 0.0922. The smallest absolute Gasteiger partial charge is 0.247 e.